The minimum atomic E-state index is -0.354. The minimum Gasteiger partial charge on any atom is -0.423 e. The number of fused-ring (bicyclic) bond motifs is 4. The summed E-state index contributed by atoms with van der Waals surface area (Å²) in [4.78, 5) is 28.5. The van der Waals surface area contributed by atoms with E-state index in [1.165, 1.54) is 0 Å². The predicted molar refractivity (Wildman–Crippen MR) is 190 cm³/mol. The summed E-state index contributed by atoms with van der Waals surface area (Å²) in [6, 6.07) is 29.9. The van der Waals surface area contributed by atoms with Crippen LogP contribution in [-0.4, -0.2) is 19.4 Å². The van der Waals surface area contributed by atoms with Gasteiger partial charge < -0.3 is 4.42 Å². The Bertz CT molecular complexity index is 2270. The van der Waals surface area contributed by atoms with Crippen molar-refractivity contribution in [3.05, 3.63) is 128 Å². The fraction of sp³-hybridized carbons (Fsp3) is 0.205. The second kappa shape index (κ2) is 10.9. The number of nitro groups is 2. The highest BCUT2D eigenvalue weighted by Gasteiger charge is 2.25. The molecule has 0 aliphatic carbocycles. The zero-order valence-corrected chi connectivity index (χ0v) is 27.6. The molecule has 0 radical (unpaired) electrons. The first-order chi connectivity index (χ1) is 22.7. The molecule has 0 spiro atoms. The number of nitro benzene ring substituents is 2. The SMILES string of the molecule is CC(C)(C)c1ccc([N+](=O)[O-])c(-c2ccc3c4ccc(-c5cc(C(C)(C)C)ccc5[N+](=O)[O-])cc4n(-c4nc5ccccc5o4)c3c2)c1. The molecule has 0 amide bonds. The number of hydrogen-bond donors (Lipinski definition) is 0. The lowest BCUT2D eigenvalue weighted by Gasteiger charge is -2.20. The maximum atomic E-state index is 12.2. The highest BCUT2D eigenvalue weighted by Crippen LogP contribution is 2.42. The summed E-state index contributed by atoms with van der Waals surface area (Å²) in [6.45, 7) is 12.4. The van der Waals surface area contributed by atoms with E-state index in [2.05, 4.69) is 41.5 Å². The summed E-state index contributed by atoms with van der Waals surface area (Å²) >= 11 is 0. The summed E-state index contributed by atoms with van der Waals surface area (Å²) < 4.78 is 8.21. The van der Waals surface area contributed by atoms with Gasteiger partial charge in [0.15, 0.2) is 5.58 Å². The van der Waals surface area contributed by atoms with Crippen LogP contribution in [-0.2, 0) is 10.8 Å². The van der Waals surface area contributed by atoms with Crippen molar-refractivity contribution < 1.29 is 14.3 Å². The molecule has 2 heterocycles. The maximum absolute atomic E-state index is 12.2. The van der Waals surface area contributed by atoms with Crippen molar-refractivity contribution in [1.29, 1.82) is 0 Å². The van der Waals surface area contributed by atoms with E-state index in [9.17, 15) is 20.2 Å². The second-order valence-corrected chi connectivity index (χ2v) is 14.2. The van der Waals surface area contributed by atoms with Gasteiger partial charge in [-0.2, -0.15) is 4.98 Å². The Morgan fingerprint density at radius 1 is 0.625 bits per heavy atom. The first-order valence-electron chi connectivity index (χ1n) is 15.7. The third-order valence-corrected chi connectivity index (χ3v) is 8.98. The molecule has 9 nitrogen and oxygen atoms in total. The van der Waals surface area contributed by atoms with Gasteiger partial charge in [0.1, 0.15) is 5.52 Å². The number of oxazole rings is 1. The quantitative estimate of drug-likeness (QED) is 0.137. The molecular weight excluding hydrogens is 604 g/mol. The van der Waals surface area contributed by atoms with Crippen molar-refractivity contribution in [3.63, 3.8) is 0 Å². The molecule has 9 heteroatoms. The lowest BCUT2D eigenvalue weighted by atomic mass is 9.85. The van der Waals surface area contributed by atoms with Gasteiger partial charge in [-0.15, -0.1) is 0 Å². The summed E-state index contributed by atoms with van der Waals surface area (Å²) in [5, 5.41) is 26.2. The molecule has 2 aromatic heterocycles. The summed E-state index contributed by atoms with van der Waals surface area (Å²) in [7, 11) is 0. The van der Waals surface area contributed by atoms with Crippen molar-refractivity contribution in [2.24, 2.45) is 0 Å². The van der Waals surface area contributed by atoms with Crippen LogP contribution in [0.3, 0.4) is 0 Å². The molecule has 0 fully saturated rings. The van der Waals surface area contributed by atoms with Crippen LogP contribution in [0.2, 0.25) is 0 Å². The Kier molecular flexibility index (Phi) is 6.98. The zero-order chi connectivity index (χ0) is 34.1. The normalized spacial score (nSPS) is 12.3. The molecule has 0 aliphatic heterocycles. The van der Waals surface area contributed by atoms with Crippen molar-refractivity contribution in [2.75, 3.05) is 0 Å². The van der Waals surface area contributed by atoms with Gasteiger partial charge in [-0.25, -0.2) is 0 Å². The van der Waals surface area contributed by atoms with Crippen LogP contribution in [0.5, 0.6) is 0 Å². The Hall–Kier alpha value is -5.83. The second-order valence-electron chi connectivity index (χ2n) is 14.2. The lowest BCUT2D eigenvalue weighted by molar-refractivity contribution is -0.384. The van der Waals surface area contributed by atoms with Crippen LogP contribution in [0.1, 0.15) is 52.7 Å². The van der Waals surface area contributed by atoms with E-state index in [4.69, 9.17) is 9.40 Å². The van der Waals surface area contributed by atoms with Gasteiger partial charge in [0, 0.05) is 22.9 Å². The smallest absolute Gasteiger partial charge is 0.307 e. The summed E-state index contributed by atoms with van der Waals surface area (Å²) in [6.07, 6.45) is 0. The maximum Gasteiger partial charge on any atom is 0.307 e. The Morgan fingerprint density at radius 3 is 1.54 bits per heavy atom. The molecule has 0 atom stereocenters. The Morgan fingerprint density at radius 2 is 1.10 bits per heavy atom. The predicted octanol–water partition coefficient (Wildman–Crippen LogP) is 10.7. The van der Waals surface area contributed by atoms with Crippen molar-refractivity contribution in [1.82, 2.24) is 9.55 Å². The molecule has 48 heavy (non-hydrogen) atoms. The van der Waals surface area contributed by atoms with Gasteiger partial charge in [0.05, 0.1) is 32.0 Å². The van der Waals surface area contributed by atoms with Crippen molar-refractivity contribution in [3.8, 4) is 28.3 Å². The highest BCUT2D eigenvalue weighted by atomic mass is 16.6. The molecule has 240 valence electrons. The molecule has 7 aromatic rings. The van der Waals surface area contributed by atoms with E-state index < -0.39 is 0 Å². The van der Waals surface area contributed by atoms with Crippen LogP contribution >= 0.6 is 0 Å². The number of para-hydroxylation sites is 2. The molecule has 7 rings (SSSR count). The van der Waals surface area contributed by atoms with Crippen LogP contribution < -0.4 is 0 Å². The van der Waals surface area contributed by atoms with E-state index in [-0.39, 0.29) is 32.1 Å². The van der Waals surface area contributed by atoms with Crippen LogP contribution in [0.4, 0.5) is 11.4 Å². The molecule has 0 bridgehead atoms. The number of hydrogen-bond acceptors (Lipinski definition) is 6. The van der Waals surface area contributed by atoms with Crippen LogP contribution in [0, 0.1) is 20.2 Å². The summed E-state index contributed by atoms with van der Waals surface area (Å²) in [5.74, 6) is 0. The average Bonchev–Trinajstić information content (AvgIpc) is 3.61. The first-order valence-corrected chi connectivity index (χ1v) is 15.7. The standard InChI is InChI=1S/C39H34N4O5/c1-38(2,3)25-13-17-32(42(44)45)29(21-25)23-11-15-27-28-16-12-24(30-22-26(39(4,5)6)14-18-33(30)43(46)47)20-35(28)41(34(27)19-23)37-40-31-9-7-8-10-36(31)48-37/h7-22H,1-6H3. The van der Waals surface area contributed by atoms with E-state index in [0.29, 0.717) is 39.4 Å². The monoisotopic (exact) mass is 638 g/mol. The molecule has 5 aromatic carbocycles. The topological polar surface area (TPSA) is 117 Å². The number of rotatable bonds is 5. The molecular formula is C39H34N4O5. The first kappa shape index (κ1) is 30.8. The minimum absolute atomic E-state index is 0.0141. The molecule has 0 unspecified atom stereocenters. The fourth-order valence-electron chi connectivity index (χ4n) is 6.30. The fourth-order valence-corrected chi connectivity index (χ4v) is 6.30. The van der Waals surface area contributed by atoms with E-state index in [1.54, 1.807) is 12.1 Å². The third-order valence-electron chi connectivity index (χ3n) is 8.98. The number of aromatic nitrogens is 2. The molecule has 0 saturated heterocycles. The van der Waals surface area contributed by atoms with E-state index in [0.717, 1.165) is 32.9 Å². The average molecular weight is 639 g/mol. The summed E-state index contributed by atoms with van der Waals surface area (Å²) in [5.41, 5.74) is 6.68. The van der Waals surface area contributed by atoms with Crippen molar-refractivity contribution in [2.45, 2.75) is 52.4 Å². The van der Waals surface area contributed by atoms with Gasteiger partial charge in [0.25, 0.3) is 11.4 Å². The van der Waals surface area contributed by atoms with E-state index >= 15 is 0 Å². The molecule has 0 N–H and O–H groups in total. The molecule has 0 saturated carbocycles. The third kappa shape index (κ3) is 5.17. The highest BCUT2D eigenvalue weighted by molar-refractivity contribution is 6.11. The van der Waals surface area contributed by atoms with Gasteiger partial charge in [0.2, 0.25) is 0 Å². The lowest BCUT2D eigenvalue weighted by Crippen LogP contribution is -2.11. The van der Waals surface area contributed by atoms with E-state index in [1.807, 2.05) is 89.5 Å². The van der Waals surface area contributed by atoms with Gasteiger partial charge in [-0.05, 0) is 69.5 Å². The number of benzene rings is 5. The van der Waals surface area contributed by atoms with Gasteiger partial charge in [-0.1, -0.05) is 90.1 Å². The Labute approximate surface area is 276 Å². The zero-order valence-electron chi connectivity index (χ0n) is 27.6. The van der Waals surface area contributed by atoms with Crippen LogP contribution in [0.25, 0.3) is 61.2 Å². The van der Waals surface area contributed by atoms with Crippen molar-refractivity contribution >= 4 is 44.3 Å². The van der Waals surface area contributed by atoms with Gasteiger partial charge in [-0.3, -0.25) is 24.8 Å². The number of nitrogens with zero attached hydrogens (tertiary/aromatic N) is 4. The Balaban J connectivity index is 1.54. The molecule has 0 aliphatic rings. The largest absolute Gasteiger partial charge is 0.423 e. The van der Waals surface area contributed by atoms with Crippen LogP contribution in [0.15, 0.2) is 101 Å². The van der Waals surface area contributed by atoms with Gasteiger partial charge >= 0.3 is 6.01 Å².